The summed E-state index contributed by atoms with van der Waals surface area (Å²) < 4.78 is 0. The second-order valence-corrected chi connectivity index (χ2v) is 3.66. The number of rotatable bonds is 2. The normalized spacial score (nSPS) is 16.7. The summed E-state index contributed by atoms with van der Waals surface area (Å²) in [4.78, 5) is 2.35. The highest BCUT2D eigenvalue weighted by molar-refractivity contribution is 6.31. The van der Waals surface area contributed by atoms with Gasteiger partial charge in [0.15, 0.2) is 0 Å². The van der Waals surface area contributed by atoms with Crippen molar-refractivity contribution in [1.82, 2.24) is 4.90 Å². The quantitative estimate of drug-likeness (QED) is 0.653. The Morgan fingerprint density at radius 1 is 1.15 bits per heavy atom. The van der Waals surface area contributed by atoms with Crippen molar-refractivity contribution in [3.8, 4) is 0 Å². The van der Waals surface area contributed by atoms with Gasteiger partial charge in [0.1, 0.15) is 0 Å². The Morgan fingerprint density at radius 2 is 1.85 bits per heavy atom. The topological polar surface area (TPSA) is 3.24 Å². The average Bonchev–Trinajstić information content (AvgIpc) is 2.61. The van der Waals surface area contributed by atoms with Crippen LogP contribution in [0.3, 0.4) is 0 Å². The van der Waals surface area contributed by atoms with E-state index in [1.807, 2.05) is 18.2 Å². The van der Waals surface area contributed by atoms with E-state index in [1.54, 1.807) is 0 Å². The molecule has 0 aromatic heterocycles. The first-order valence-electron chi connectivity index (χ1n) is 4.47. The molecule has 0 amide bonds. The summed E-state index contributed by atoms with van der Waals surface area (Å²) in [6, 6.07) is 8.03. The lowest BCUT2D eigenvalue weighted by Crippen LogP contribution is -2.19. The minimum absolute atomic E-state index is 0.870. The lowest BCUT2D eigenvalue weighted by molar-refractivity contribution is 0.345. The van der Waals surface area contributed by atoms with Crippen molar-refractivity contribution in [2.45, 2.75) is 6.54 Å². The molecule has 0 saturated heterocycles. The number of hydrogen-bond donors (Lipinski definition) is 0. The number of nitrogens with zero attached hydrogens (tertiary/aromatic N) is 1. The van der Waals surface area contributed by atoms with Crippen LogP contribution in [-0.4, -0.2) is 18.0 Å². The van der Waals surface area contributed by atoms with Crippen LogP contribution in [-0.2, 0) is 6.54 Å². The minimum atomic E-state index is 0.870. The molecule has 0 fully saturated rings. The van der Waals surface area contributed by atoms with Crippen molar-refractivity contribution in [1.29, 1.82) is 0 Å². The van der Waals surface area contributed by atoms with Gasteiger partial charge in [-0.2, -0.15) is 0 Å². The molecule has 2 rings (SSSR count). The molecule has 1 aliphatic heterocycles. The van der Waals surface area contributed by atoms with E-state index < -0.39 is 0 Å². The van der Waals surface area contributed by atoms with E-state index in [2.05, 4.69) is 23.1 Å². The summed E-state index contributed by atoms with van der Waals surface area (Å²) in [7, 11) is 0. The molecule has 0 N–H and O–H groups in total. The van der Waals surface area contributed by atoms with Gasteiger partial charge in [-0.15, -0.1) is 0 Å². The van der Waals surface area contributed by atoms with Crippen LogP contribution < -0.4 is 0 Å². The maximum absolute atomic E-state index is 6.06. The SMILES string of the molecule is Clc1ccccc1CN1CC=CC1. The van der Waals surface area contributed by atoms with Crippen LogP contribution in [0.1, 0.15) is 5.56 Å². The summed E-state index contributed by atoms with van der Waals surface area (Å²) >= 11 is 6.06. The van der Waals surface area contributed by atoms with Crippen LogP contribution in [0.15, 0.2) is 36.4 Å². The van der Waals surface area contributed by atoms with Gasteiger partial charge in [0, 0.05) is 24.7 Å². The Kier molecular flexibility index (Phi) is 2.67. The van der Waals surface area contributed by atoms with Gasteiger partial charge >= 0.3 is 0 Å². The molecule has 0 spiro atoms. The van der Waals surface area contributed by atoms with Gasteiger partial charge in [-0.25, -0.2) is 0 Å². The Morgan fingerprint density at radius 3 is 2.54 bits per heavy atom. The van der Waals surface area contributed by atoms with Crippen molar-refractivity contribution >= 4 is 11.6 Å². The summed E-state index contributed by atoms with van der Waals surface area (Å²) in [5.74, 6) is 0. The van der Waals surface area contributed by atoms with Crippen molar-refractivity contribution < 1.29 is 0 Å². The van der Waals surface area contributed by atoms with Crippen molar-refractivity contribution in [3.05, 3.63) is 47.0 Å². The van der Waals surface area contributed by atoms with Crippen LogP contribution in [0.4, 0.5) is 0 Å². The van der Waals surface area contributed by atoms with Gasteiger partial charge in [0.25, 0.3) is 0 Å². The molecule has 1 nitrogen and oxygen atoms in total. The summed E-state index contributed by atoms with van der Waals surface area (Å²) in [6.45, 7) is 3.04. The van der Waals surface area contributed by atoms with E-state index in [0.29, 0.717) is 0 Å². The molecule has 0 aliphatic carbocycles. The molecule has 0 atom stereocenters. The standard InChI is InChI=1S/C11H12ClN/c12-11-6-2-1-5-10(11)9-13-7-3-4-8-13/h1-6H,7-9H2. The zero-order valence-corrected chi connectivity index (χ0v) is 8.17. The summed E-state index contributed by atoms with van der Waals surface area (Å²) in [5.41, 5.74) is 1.22. The fourth-order valence-corrected chi connectivity index (χ4v) is 1.71. The monoisotopic (exact) mass is 193 g/mol. The van der Waals surface area contributed by atoms with Crippen molar-refractivity contribution in [2.24, 2.45) is 0 Å². The van der Waals surface area contributed by atoms with E-state index in [-0.39, 0.29) is 0 Å². The zero-order valence-electron chi connectivity index (χ0n) is 7.41. The molecule has 2 heteroatoms. The molecule has 1 aromatic carbocycles. The third kappa shape index (κ3) is 2.11. The van der Waals surface area contributed by atoms with Crippen molar-refractivity contribution in [2.75, 3.05) is 13.1 Å². The smallest absolute Gasteiger partial charge is 0.0451 e. The van der Waals surface area contributed by atoms with E-state index in [0.717, 1.165) is 24.7 Å². The fraction of sp³-hybridized carbons (Fsp3) is 0.273. The van der Waals surface area contributed by atoms with Gasteiger partial charge < -0.3 is 0 Å². The van der Waals surface area contributed by atoms with E-state index in [4.69, 9.17) is 11.6 Å². The van der Waals surface area contributed by atoms with E-state index >= 15 is 0 Å². The molecule has 0 unspecified atom stereocenters. The Hall–Kier alpha value is -0.790. The molecule has 0 radical (unpaired) electrons. The van der Waals surface area contributed by atoms with Gasteiger partial charge in [-0.05, 0) is 11.6 Å². The van der Waals surface area contributed by atoms with E-state index in [1.165, 1.54) is 5.56 Å². The van der Waals surface area contributed by atoms with Crippen LogP contribution >= 0.6 is 11.6 Å². The average molecular weight is 194 g/mol. The van der Waals surface area contributed by atoms with Gasteiger partial charge in [0.2, 0.25) is 0 Å². The summed E-state index contributed by atoms with van der Waals surface area (Å²) in [5, 5.41) is 0.870. The molecule has 1 aromatic rings. The first-order chi connectivity index (χ1) is 6.36. The van der Waals surface area contributed by atoms with Crippen molar-refractivity contribution in [3.63, 3.8) is 0 Å². The molecular formula is C11H12ClN. The number of hydrogen-bond acceptors (Lipinski definition) is 1. The van der Waals surface area contributed by atoms with Gasteiger partial charge in [-0.3, -0.25) is 4.90 Å². The second-order valence-electron chi connectivity index (χ2n) is 3.26. The molecule has 0 bridgehead atoms. The third-order valence-corrected chi connectivity index (χ3v) is 2.61. The highest BCUT2D eigenvalue weighted by atomic mass is 35.5. The number of halogens is 1. The highest BCUT2D eigenvalue weighted by Gasteiger charge is 2.08. The van der Waals surface area contributed by atoms with Crippen LogP contribution in [0.25, 0.3) is 0 Å². The lowest BCUT2D eigenvalue weighted by Gasteiger charge is -2.15. The van der Waals surface area contributed by atoms with Crippen LogP contribution in [0.2, 0.25) is 5.02 Å². The largest absolute Gasteiger partial charge is 0.292 e. The van der Waals surface area contributed by atoms with E-state index in [9.17, 15) is 0 Å². The minimum Gasteiger partial charge on any atom is -0.292 e. The first kappa shape index (κ1) is 8.79. The maximum atomic E-state index is 6.06. The summed E-state index contributed by atoms with van der Waals surface area (Å²) in [6.07, 6.45) is 4.38. The lowest BCUT2D eigenvalue weighted by atomic mass is 10.2. The van der Waals surface area contributed by atoms with Crippen LogP contribution in [0, 0.1) is 0 Å². The number of benzene rings is 1. The predicted molar refractivity (Wildman–Crippen MR) is 55.9 cm³/mol. The zero-order chi connectivity index (χ0) is 9.10. The fourth-order valence-electron chi connectivity index (χ4n) is 1.52. The Labute approximate surface area is 83.6 Å². The van der Waals surface area contributed by atoms with Crippen LogP contribution in [0.5, 0.6) is 0 Å². The highest BCUT2D eigenvalue weighted by Crippen LogP contribution is 2.17. The Balaban J connectivity index is 2.05. The third-order valence-electron chi connectivity index (χ3n) is 2.25. The molecule has 13 heavy (non-hydrogen) atoms. The molecule has 68 valence electrons. The van der Waals surface area contributed by atoms with Gasteiger partial charge in [0.05, 0.1) is 0 Å². The van der Waals surface area contributed by atoms with Gasteiger partial charge in [-0.1, -0.05) is 42.0 Å². The first-order valence-corrected chi connectivity index (χ1v) is 4.85. The second kappa shape index (κ2) is 3.95. The molecule has 1 aliphatic rings. The Bertz CT molecular complexity index is 312. The predicted octanol–water partition coefficient (Wildman–Crippen LogP) is 2.71. The molecule has 1 heterocycles. The molecular weight excluding hydrogens is 182 g/mol. The molecule has 0 saturated carbocycles. The maximum Gasteiger partial charge on any atom is 0.0451 e.